The van der Waals surface area contributed by atoms with Gasteiger partial charge < -0.3 is 15.4 Å². The number of ether oxygens (including phenoxy) is 1. The van der Waals surface area contributed by atoms with E-state index in [-0.39, 0.29) is 24.3 Å². The molecular formula is C25H28N6O3S. The standard InChI is InChI=1S/C25H28N6O3S/c1-15(21-6-4-5-9-27-21)10-23(32)29-24-20(12-26)19-8-7-18(11-22(19)35-24)34-25(33)28-13-17-14-31(3)30-16(17)2/h4-6,9,14-15,18H,7-8,10-11,13H2,1-3H3,(H,28,33)(H,29,32). The molecule has 2 atom stereocenters. The molecule has 0 aliphatic heterocycles. The molecule has 0 spiro atoms. The first-order valence-electron chi connectivity index (χ1n) is 11.5. The molecule has 9 nitrogen and oxygen atoms in total. The molecule has 0 bridgehead atoms. The molecule has 0 radical (unpaired) electrons. The molecule has 0 saturated carbocycles. The normalized spacial score (nSPS) is 15.5. The first kappa shape index (κ1) is 24.4. The minimum Gasteiger partial charge on any atom is -0.446 e. The highest BCUT2D eigenvalue weighted by atomic mass is 32.1. The lowest BCUT2D eigenvalue weighted by Crippen LogP contribution is -2.31. The van der Waals surface area contributed by atoms with Gasteiger partial charge in [-0.25, -0.2) is 4.79 Å². The smallest absolute Gasteiger partial charge is 0.407 e. The van der Waals surface area contributed by atoms with Crippen molar-refractivity contribution in [3.63, 3.8) is 0 Å². The molecule has 182 valence electrons. The average Bonchev–Trinajstić information content (AvgIpc) is 3.34. The van der Waals surface area contributed by atoms with Crippen molar-refractivity contribution in [3.05, 3.63) is 63.5 Å². The zero-order valence-corrected chi connectivity index (χ0v) is 20.8. The third-order valence-electron chi connectivity index (χ3n) is 6.08. The van der Waals surface area contributed by atoms with E-state index in [4.69, 9.17) is 4.74 Å². The van der Waals surface area contributed by atoms with E-state index >= 15 is 0 Å². The van der Waals surface area contributed by atoms with E-state index in [1.165, 1.54) is 11.3 Å². The Kier molecular flexibility index (Phi) is 7.46. The van der Waals surface area contributed by atoms with Crippen molar-refractivity contribution in [2.24, 2.45) is 7.05 Å². The summed E-state index contributed by atoms with van der Waals surface area (Å²) < 4.78 is 7.34. The van der Waals surface area contributed by atoms with Gasteiger partial charge in [-0.05, 0) is 37.5 Å². The zero-order valence-electron chi connectivity index (χ0n) is 20.0. The van der Waals surface area contributed by atoms with Crippen molar-refractivity contribution in [3.8, 4) is 6.07 Å². The molecule has 3 aromatic rings. The Balaban J connectivity index is 1.34. The lowest BCUT2D eigenvalue weighted by molar-refractivity contribution is -0.116. The van der Waals surface area contributed by atoms with Gasteiger partial charge in [0.2, 0.25) is 5.91 Å². The van der Waals surface area contributed by atoms with E-state index in [1.54, 1.807) is 10.9 Å². The number of aryl methyl sites for hydroxylation is 2. The number of fused-ring (bicyclic) bond motifs is 1. The van der Waals surface area contributed by atoms with Crippen LogP contribution in [0.1, 0.15) is 58.6 Å². The topological polar surface area (TPSA) is 122 Å². The summed E-state index contributed by atoms with van der Waals surface area (Å²) in [5.41, 5.74) is 4.10. The van der Waals surface area contributed by atoms with Crippen LogP contribution in [0.4, 0.5) is 9.80 Å². The van der Waals surface area contributed by atoms with Crippen molar-refractivity contribution in [2.75, 3.05) is 5.32 Å². The van der Waals surface area contributed by atoms with Crippen LogP contribution in [-0.2, 0) is 36.0 Å². The number of aromatic nitrogens is 3. The van der Waals surface area contributed by atoms with Gasteiger partial charge in [0.15, 0.2) is 0 Å². The number of amides is 2. The summed E-state index contributed by atoms with van der Waals surface area (Å²) in [6, 6.07) is 7.89. The number of nitrogens with one attached hydrogen (secondary N) is 2. The lowest BCUT2D eigenvalue weighted by Gasteiger charge is -2.22. The monoisotopic (exact) mass is 492 g/mol. The van der Waals surface area contributed by atoms with Crippen LogP contribution < -0.4 is 10.6 Å². The highest BCUT2D eigenvalue weighted by molar-refractivity contribution is 7.16. The Hall–Kier alpha value is -3.71. The fraction of sp³-hybridized carbons (Fsp3) is 0.400. The third kappa shape index (κ3) is 5.87. The maximum Gasteiger partial charge on any atom is 0.407 e. The van der Waals surface area contributed by atoms with E-state index in [0.717, 1.165) is 27.4 Å². The molecule has 3 heterocycles. The minimum absolute atomic E-state index is 0.0388. The van der Waals surface area contributed by atoms with Gasteiger partial charge in [0.25, 0.3) is 0 Å². The summed E-state index contributed by atoms with van der Waals surface area (Å²) in [6.07, 6.45) is 4.86. The van der Waals surface area contributed by atoms with Gasteiger partial charge in [0.1, 0.15) is 17.2 Å². The van der Waals surface area contributed by atoms with E-state index in [0.29, 0.717) is 36.4 Å². The van der Waals surface area contributed by atoms with Gasteiger partial charge in [-0.1, -0.05) is 13.0 Å². The Morgan fingerprint density at radius 1 is 1.40 bits per heavy atom. The molecule has 2 unspecified atom stereocenters. The Labute approximate surface area is 208 Å². The van der Waals surface area contributed by atoms with Gasteiger partial charge in [-0.3, -0.25) is 14.5 Å². The molecule has 1 aliphatic carbocycles. The summed E-state index contributed by atoms with van der Waals surface area (Å²) >= 11 is 1.39. The highest BCUT2D eigenvalue weighted by Crippen LogP contribution is 2.38. The van der Waals surface area contributed by atoms with Crippen molar-refractivity contribution in [1.82, 2.24) is 20.1 Å². The third-order valence-corrected chi connectivity index (χ3v) is 7.25. The molecule has 4 rings (SSSR count). The second-order valence-corrected chi connectivity index (χ2v) is 9.87. The number of carbonyl (C=O) groups is 2. The second-order valence-electron chi connectivity index (χ2n) is 8.76. The number of thiophene rings is 1. The van der Waals surface area contributed by atoms with E-state index < -0.39 is 6.09 Å². The SMILES string of the molecule is Cc1nn(C)cc1CNC(=O)OC1CCc2c(sc(NC(=O)CC(C)c3ccccn3)c2C#N)C1. The molecule has 0 aromatic carbocycles. The Bertz CT molecular complexity index is 1260. The fourth-order valence-corrected chi connectivity index (χ4v) is 5.55. The van der Waals surface area contributed by atoms with E-state index in [2.05, 4.69) is 26.8 Å². The van der Waals surface area contributed by atoms with Crippen LogP contribution in [0.2, 0.25) is 0 Å². The molecule has 0 fully saturated rings. The number of rotatable bonds is 7. The summed E-state index contributed by atoms with van der Waals surface area (Å²) in [4.78, 5) is 30.3. The van der Waals surface area contributed by atoms with Crippen molar-refractivity contribution >= 4 is 28.3 Å². The maximum absolute atomic E-state index is 12.7. The summed E-state index contributed by atoms with van der Waals surface area (Å²) in [5, 5.41) is 20.3. The predicted molar refractivity (Wildman–Crippen MR) is 132 cm³/mol. The molecule has 0 saturated heterocycles. The van der Waals surface area contributed by atoms with Gasteiger partial charge >= 0.3 is 6.09 Å². The van der Waals surface area contributed by atoms with Gasteiger partial charge in [0.05, 0.1) is 11.3 Å². The van der Waals surface area contributed by atoms with E-state index in [1.807, 2.05) is 45.3 Å². The number of nitrogens with zero attached hydrogens (tertiary/aromatic N) is 4. The van der Waals surface area contributed by atoms with Crippen molar-refractivity contribution in [1.29, 1.82) is 5.26 Å². The first-order chi connectivity index (χ1) is 16.8. The molecule has 2 amide bonds. The lowest BCUT2D eigenvalue weighted by atomic mass is 9.94. The number of hydrogen-bond acceptors (Lipinski definition) is 7. The number of hydrogen-bond donors (Lipinski definition) is 2. The number of alkyl carbamates (subject to hydrolysis) is 1. The fourth-order valence-electron chi connectivity index (χ4n) is 4.27. The number of nitriles is 1. The molecule has 3 aromatic heterocycles. The minimum atomic E-state index is -0.476. The molecule has 1 aliphatic rings. The quantitative estimate of drug-likeness (QED) is 0.515. The Morgan fingerprint density at radius 3 is 2.91 bits per heavy atom. The summed E-state index contributed by atoms with van der Waals surface area (Å²) in [5.74, 6) is -0.195. The van der Waals surface area contributed by atoms with Crippen molar-refractivity contribution in [2.45, 2.75) is 58.1 Å². The van der Waals surface area contributed by atoms with Crippen LogP contribution in [0.15, 0.2) is 30.6 Å². The van der Waals surface area contributed by atoms with Gasteiger partial charge in [-0.15, -0.1) is 11.3 Å². The van der Waals surface area contributed by atoms with Crippen molar-refractivity contribution < 1.29 is 14.3 Å². The van der Waals surface area contributed by atoms with E-state index in [9.17, 15) is 14.9 Å². The summed E-state index contributed by atoms with van der Waals surface area (Å²) in [6.45, 7) is 4.19. The number of pyridine rings is 1. The van der Waals surface area contributed by atoms with Crippen LogP contribution in [-0.4, -0.2) is 32.9 Å². The Morgan fingerprint density at radius 2 is 2.23 bits per heavy atom. The van der Waals surface area contributed by atoms with Crippen LogP contribution in [0.3, 0.4) is 0 Å². The van der Waals surface area contributed by atoms with Crippen LogP contribution in [0.25, 0.3) is 0 Å². The number of anilines is 1. The largest absolute Gasteiger partial charge is 0.446 e. The van der Waals surface area contributed by atoms with Crippen LogP contribution in [0.5, 0.6) is 0 Å². The molecule has 2 N–H and O–H groups in total. The predicted octanol–water partition coefficient (Wildman–Crippen LogP) is 3.97. The van der Waals surface area contributed by atoms with Gasteiger partial charge in [0, 0.05) is 60.9 Å². The van der Waals surface area contributed by atoms with Crippen LogP contribution in [0, 0.1) is 18.3 Å². The maximum atomic E-state index is 12.7. The molecule has 35 heavy (non-hydrogen) atoms. The number of carbonyl (C=O) groups excluding carboxylic acids is 2. The molecule has 10 heteroatoms. The van der Waals surface area contributed by atoms with Gasteiger partial charge in [-0.2, -0.15) is 10.4 Å². The molecular weight excluding hydrogens is 464 g/mol. The zero-order chi connectivity index (χ0) is 24.9. The van der Waals surface area contributed by atoms with Crippen LogP contribution >= 0.6 is 11.3 Å². The second kappa shape index (κ2) is 10.7. The first-order valence-corrected chi connectivity index (χ1v) is 12.3. The highest BCUT2D eigenvalue weighted by Gasteiger charge is 2.28. The average molecular weight is 493 g/mol. The summed E-state index contributed by atoms with van der Waals surface area (Å²) in [7, 11) is 1.84.